The van der Waals surface area contributed by atoms with Crippen molar-refractivity contribution in [2.24, 2.45) is 5.92 Å². The average Bonchev–Trinajstić information content (AvgIpc) is 2.90. The number of hydrogen-bond donors (Lipinski definition) is 0. The minimum atomic E-state index is -0.761. The fourth-order valence-electron chi connectivity index (χ4n) is 5.66. The summed E-state index contributed by atoms with van der Waals surface area (Å²) in [6.07, 6.45) is 17.6. The Hall–Kier alpha value is -2.55. The number of unbranched alkanes of at least 4 members (excludes halogenated alkanes) is 3. The molecule has 4 rings (SSSR count). The topological polar surface area (TPSA) is 0 Å². The van der Waals surface area contributed by atoms with Gasteiger partial charge in [0.05, 0.1) is 0 Å². The summed E-state index contributed by atoms with van der Waals surface area (Å²) in [6, 6.07) is 9.00. The smallest absolute Gasteiger partial charge is 0.166 e. The van der Waals surface area contributed by atoms with Crippen molar-refractivity contribution in [1.82, 2.24) is 0 Å². The normalized spacial score (nSPS) is 18.0. The Morgan fingerprint density at radius 2 is 1.50 bits per heavy atom. The molecule has 192 valence electrons. The molecule has 1 unspecified atom stereocenters. The molecule has 36 heavy (non-hydrogen) atoms. The van der Waals surface area contributed by atoms with Crippen LogP contribution in [0.2, 0.25) is 0 Å². The fraction of sp³-hybridized carbons (Fsp3) is 0.455. The van der Waals surface area contributed by atoms with Gasteiger partial charge < -0.3 is 0 Å². The molecule has 0 nitrogen and oxygen atoms in total. The Bertz CT molecular complexity index is 1150. The van der Waals surface area contributed by atoms with Crippen LogP contribution in [0, 0.1) is 23.4 Å². The van der Waals surface area contributed by atoms with E-state index in [1.54, 1.807) is 18.2 Å². The Labute approximate surface area is 215 Å². The van der Waals surface area contributed by atoms with E-state index in [2.05, 4.69) is 19.9 Å². The van der Waals surface area contributed by atoms with Crippen LogP contribution in [0.1, 0.15) is 107 Å². The van der Waals surface area contributed by atoms with E-state index in [1.807, 2.05) is 24.3 Å². The molecule has 0 radical (unpaired) electrons. The van der Waals surface area contributed by atoms with Crippen LogP contribution < -0.4 is 0 Å². The van der Waals surface area contributed by atoms with E-state index in [-0.39, 0.29) is 5.82 Å². The molecule has 2 aromatic carbocycles. The number of halogens is 3. The Kier molecular flexibility index (Phi) is 9.29. The second-order valence-electron chi connectivity index (χ2n) is 10.4. The summed E-state index contributed by atoms with van der Waals surface area (Å²) in [5.74, 6) is -0.934. The molecular weight excluding hydrogens is 453 g/mol. The van der Waals surface area contributed by atoms with Crippen LogP contribution in [0.3, 0.4) is 0 Å². The lowest BCUT2D eigenvalue weighted by molar-refractivity contribution is 0.445. The maximum atomic E-state index is 15.1. The molecule has 0 heterocycles. The Morgan fingerprint density at radius 3 is 2.14 bits per heavy atom. The van der Waals surface area contributed by atoms with Crippen molar-refractivity contribution in [1.29, 1.82) is 0 Å². The van der Waals surface area contributed by atoms with Gasteiger partial charge in [-0.15, -0.1) is 0 Å². The maximum Gasteiger partial charge on any atom is 0.166 e. The molecule has 2 aromatic rings. The van der Waals surface area contributed by atoms with Crippen LogP contribution in [-0.4, -0.2) is 0 Å². The summed E-state index contributed by atoms with van der Waals surface area (Å²) in [5.41, 5.74) is 5.27. The standard InChI is InChI=1S/C33H39F3/c1-3-5-6-7-9-27-18-21-30(33(36)32(27)35)26-16-14-25(15-17-26)29-20-19-28(22-31(29)34)24-12-10-23(8-4-2)11-13-24/h12,14,16,18-23H,3-11,13,15,17H2,1-2H3. The van der Waals surface area contributed by atoms with Gasteiger partial charge in [-0.05, 0) is 84.8 Å². The first-order valence-electron chi connectivity index (χ1n) is 13.9. The van der Waals surface area contributed by atoms with E-state index in [9.17, 15) is 8.78 Å². The van der Waals surface area contributed by atoms with Gasteiger partial charge in [-0.3, -0.25) is 0 Å². The van der Waals surface area contributed by atoms with E-state index in [1.165, 1.54) is 24.8 Å². The molecule has 2 aliphatic rings. The average molecular weight is 493 g/mol. The summed E-state index contributed by atoms with van der Waals surface area (Å²) >= 11 is 0. The number of rotatable bonds is 10. The van der Waals surface area contributed by atoms with E-state index >= 15 is 4.39 Å². The second kappa shape index (κ2) is 12.6. The van der Waals surface area contributed by atoms with Gasteiger partial charge >= 0.3 is 0 Å². The van der Waals surface area contributed by atoms with Crippen LogP contribution in [0.4, 0.5) is 13.2 Å². The summed E-state index contributed by atoms with van der Waals surface area (Å²) in [6.45, 7) is 4.36. The van der Waals surface area contributed by atoms with Crippen molar-refractivity contribution in [3.05, 3.63) is 88.3 Å². The predicted molar refractivity (Wildman–Crippen MR) is 146 cm³/mol. The Morgan fingerprint density at radius 1 is 0.750 bits per heavy atom. The zero-order chi connectivity index (χ0) is 25.5. The summed E-state index contributed by atoms with van der Waals surface area (Å²) in [4.78, 5) is 0. The summed E-state index contributed by atoms with van der Waals surface area (Å²) in [5, 5.41) is 0. The molecule has 0 saturated carbocycles. The lowest BCUT2D eigenvalue weighted by Crippen LogP contribution is -2.05. The van der Waals surface area contributed by atoms with Crippen molar-refractivity contribution in [3.63, 3.8) is 0 Å². The van der Waals surface area contributed by atoms with Crippen LogP contribution in [0.5, 0.6) is 0 Å². The number of benzene rings is 2. The van der Waals surface area contributed by atoms with Crippen molar-refractivity contribution < 1.29 is 13.2 Å². The van der Waals surface area contributed by atoms with E-state index < -0.39 is 11.6 Å². The first-order chi connectivity index (χ1) is 17.5. The monoisotopic (exact) mass is 492 g/mol. The van der Waals surface area contributed by atoms with Gasteiger partial charge in [-0.2, -0.15) is 0 Å². The highest BCUT2D eigenvalue weighted by atomic mass is 19.2. The van der Waals surface area contributed by atoms with Gasteiger partial charge in [0.25, 0.3) is 0 Å². The van der Waals surface area contributed by atoms with Crippen molar-refractivity contribution in [3.8, 4) is 0 Å². The highest BCUT2D eigenvalue weighted by Crippen LogP contribution is 2.37. The van der Waals surface area contributed by atoms with Crippen LogP contribution >= 0.6 is 0 Å². The van der Waals surface area contributed by atoms with Crippen LogP contribution in [0.15, 0.2) is 48.6 Å². The van der Waals surface area contributed by atoms with Crippen LogP contribution in [-0.2, 0) is 6.42 Å². The first-order valence-corrected chi connectivity index (χ1v) is 13.9. The molecule has 0 N–H and O–H groups in total. The largest absolute Gasteiger partial charge is 0.206 e. The van der Waals surface area contributed by atoms with Gasteiger partial charge in [0.15, 0.2) is 11.6 Å². The van der Waals surface area contributed by atoms with Gasteiger partial charge in [-0.1, -0.05) is 88.4 Å². The second-order valence-corrected chi connectivity index (χ2v) is 10.4. The third-order valence-electron chi connectivity index (χ3n) is 7.86. The number of allylic oxidation sites excluding steroid dienone is 6. The third kappa shape index (κ3) is 6.22. The van der Waals surface area contributed by atoms with Crippen LogP contribution in [0.25, 0.3) is 16.7 Å². The summed E-state index contributed by atoms with van der Waals surface area (Å²) < 4.78 is 44.7. The highest BCUT2D eigenvalue weighted by Gasteiger charge is 2.20. The molecule has 0 aliphatic heterocycles. The van der Waals surface area contributed by atoms with Crippen molar-refractivity contribution in [2.75, 3.05) is 0 Å². The van der Waals surface area contributed by atoms with E-state index in [4.69, 9.17) is 0 Å². The molecule has 0 aromatic heterocycles. The molecule has 0 bridgehead atoms. The minimum Gasteiger partial charge on any atom is -0.206 e. The lowest BCUT2D eigenvalue weighted by Gasteiger charge is -2.22. The molecule has 1 atom stereocenters. The van der Waals surface area contributed by atoms with Gasteiger partial charge in [0.2, 0.25) is 0 Å². The number of aryl methyl sites for hydroxylation is 1. The zero-order valence-electron chi connectivity index (χ0n) is 21.8. The first kappa shape index (κ1) is 26.5. The van der Waals surface area contributed by atoms with Gasteiger partial charge in [-0.25, -0.2) is 13.2 Å². The SMILES string of the molecule is CCCCCCc1ccc(C2=CC=C(c3ccc(C4=CCC(CCC)CC4)cc3F)CC2)c(F)c1F. The van der Waals surface area contributed by atoms with Crippen molar-refractivity contribution >= 4 is 16.7 Å². The Balaban J connectivity index is 1.47. The van der Waals surface area contributed by atoms with Crippen molar-refractivity contribution in [2.45, 2.75) is 90.9 Å². The maximum absolute atomic E-state index is 15.1. The third-order valence-corrected chi connectivity index (χ3v) is 7.86. The predicted octanol–water partition coefficient (Wildman–Crippen LogP) is 10.5. The fourth-order valence-corrected chi connectivity index (χ4v) is 5.66. The molecule has 0 saturated heterocycles. The summed E-state index contributed by atoms with van der Waals surface area (Å²) in [7, 11) is 0. The quantitative estimate of drug-likeness (QED) is 0.289. The van der Waals surface area contributed by atoms with E-state index in [0.717, 1.165) is 61.2 Å². The van der Waals surface area contributed by atoms with Gasteiger partial charge in [0.1, 0.15) is 5.82 Å². The zero-order valence-corrected chi connectivity index (χ0v) is 21.8. The van der Waals surface area contributed by atoms with E-state index in [0.29, 0.717) is 36.0 Å². The molecule has 0 amide bonds. The molecule has 3 heteroatoms. The molecule has 0 spiro atoms. The minimum absolute atomic E-state index is 0.211. The molecule has 0 fully saturated rings. The van der Waals surface area contributed by atoms with Gasteiger partial charge in [0, 0.05) is 11.1 Å². The highest BCUT2D eigenvalue weighted by molar-refractivity contribution is 5.79. The molecule has 2 aliphatic carbocycles. The lowest BCUT2D eigenvalue weighted by atomic mass is 9.83. The number of hydrogen-bond acceptors (Lipinski definition) is 0. The molecular formula is C33H39F3.